The summed E-state index contributed by atoms with van der Waals surface area (Å²) in [5.41, 5.74) is 0.649. The van der Waals surface area contributed by atoms with Gasteiger partial charge in [-0.25, -0.2) is 4.99 Å². The first-order chi connectivity index (χ1) is 14.1. The summed E-state index contributed by atoms with van der Waals surface area (Å²) < 4.78 is 0. The third kappa shape index (κ3) is 7.94. The number of aromatic hydroxyl groups is 1. The Kier molecular flexibility index (Phi) is 10.7. The highest BCUT2D eigenvalue weighted by atomic mass is 127. The van der Waals surface area contributed by atoms with E-state index >= 15 is 0 Å². The smallest absolute Gasteiger partial charge is 0.246 e. The van der Waals surface area contributed by atoms with Crippen LogP contribution >= 0.6 is 24.0 Å². The summed E-state index contributed by atoms with van der Waals surface area (Å²) in [4.78, 5) is 19.3. The summed E-state index contributed by atoms with van der Waals surface area (Å²) in [6, 6.07) is 7.61. The van der Waals surface area contributed by atoms with Gasteiger partial charge in [0.1, 0.15) is 12.3 Å². The zero-order valence-corrected chi connectivity index (χ0v) is 20.2. The monoisotopic (exact) mass is 529 g/mol. The standard InChI is InChI=1S/C22H35N5O2.HI/c1-2-23-22(24-16-21(29)25-17-8-10-20(28)11-9-17)26-18-12-14-27(15-13-18)19-6-4-3-5-7-19;/h8-11,18-19,28H,2-7,12-16H2,1H3,(H,25,29)(H2,23,24,26);1H. The Hall–Kier alpha value is -1.55. The van der Waals surface area contributed by atoms with E-state index in [1.165, 1.54) is 32.1 Å². The zero-order valence-electron chi connectivity index (χ0n) is 17.9. The molecule has 4 N–H and O–H groups in total. The van der Waals surface area contributed by atoms with Crippen LogP contribution in [0.3, 0.4) is 0 Å². The Morgan fingerprint density at radius 3 is 2.40 bits per heavy atom. The van der Waals surface area contributed by atoms with E-state index in [9.17, 15) is 9.90 Å². The first kappa shape index (κ1) is 24.7. The van der Waals surface area contributed by atoms with Gasteiger partial charge in [-0.3, -0.25) is 4.79 Å². The molecule has 1 aliphatic heterocycles. The fourth-order valence-corrected chi connectivity index (χ4v) is 4.26. The van der Waals surface area contributed by atoms with Gasteiger partial charge >= 0.3 is 0 Å². The maximum Gasteiger partial charge on any atom is 0.246 e. The molecule has 1 saturated heterocycles. The van der Waals surface area contributed by atoms with Crippen LogP contribution in [0.4, 0.5) is 5.69 Å². The normalized spacial score (nSPS) is 19.0. The molecular weight excluding hydrogens is 493 g/mol. The van der Waals surface area contributed by atoms with E-state index in [0.717, 1.165) is 38.5 Å². The van der Waals surface area contributed by atoms with E-state index in [4.69, 9.17) is 0 Å². The van der Waals surface area contributed by atoms with Gasteiger partial charge in [-0.15, -0.1) is 24.0 Å². The second-order valence-corrected chi connectivity index (χ2v) is 8.04. The predicted octanol–water partition coefficient (Wildman–Crippen LogP) is 3.30. The maximum atomic E-state index is 12.2. The quantitative estimate of drug-likeness (QED) is 0.197. The van der Waals surface area contributed by atoms with E-state index in [0.29, 0.717) is 17.7 Å². The van der Waals surface area contributed by atoms with Gasteiger partial charge in [-0.1, -0.05) is 19.3 Å². The molecule has 7 nitrogen and oxygen atoms in total. The number of amides is 1. The molecule has 0 atom stereocenters. The van der Waals surface area contributed by atoms with Gasteiger partial charge in [-0.2, -0.15) is 0 Å². The average molecular weight is 529 g/mol. The fourth-order valence-electron chi connectivity index (χ4n) is 4.26. The number of aliphatic imine (C=N–C) groups is 1. The molecule has 1 saturated carbocycles. The molecule has 0 aromatic heterocycles. The molecule has 8 heteroatoms. The van der Waals surface area contributed by atoms with Crippen molar-refractivity contribution in [2.24, 2.45) is 4.99 Å². The second kappa shape index (κ2) is 13.0. The number of hydrogen-bond acceptors (Lipinski definition) is 4. The number of benzene rings is 1. The molecule has 1 aliphatic carbocycles. The highest BCUT2D eigenvalue weighted by Crippen LogP contribution is 2.25. The number of phenolic OH excluding ortho intramolecular Hbond substituents is 1. The van der Waals surface area contributed by atoms with Crippen LogP contribution in [0, 0.1) is 0 Å². The Morgan fingerprint density at radius 1 is 1.10 bits per heavy atom. The van der Waals surface area contributed by atoms with Gasteiger partial charge in [0.2, 0.25) is 5.91 Å². The molecule has 3 rings (SSSR count). The molecule has 168 valence electrons. The zero-order chi connectivity index (χ0) is 20.5. The molecular formula is C22H36IN5O2. The van der Waals surface area contributed by atoms with Crippen LogP contribution in [-0.4, -0.2) is 60.1 Å². The fraction of sp³-hybridized carbons (Fsp3) is 0.636. The number of halogens is 1. The summed E-state index contributed by atoms with van der Waals surface area (Å²) in [5, 5.41) is 18.9. The molecule has 0 spiro atoms. The molecule has 1 aromatic rings. The maximum absolute atomic E-state index is 12.2. The largest absolute Gasteiger partial charge is 0.508 e. The van der Waals surface area contributed by atoms with Crippen LogP contribution in [0.25, 0.3) is 0 Å². The first-order valence-electron chi connectivity index (χ1n) is 11.0. The Balaban J connectivity index is 0.00000320. The lowest BCUT2D eigenvalue weighted by atomic mass is 9.92. The molecule has 0 bridgehead atoms. The second-order valence-electron chi connectivity index (χ2n) is 8.04. The number of nitrogens with one attached hydrogen (secondary N) is 3. The topological polar surface area (TPSA) is 89.0 Å². The van der Waals surface area contributed by atoms with Gasteiger partial charge in [0.15, 0.2) is 5.96 Å². The molecule has 0 unspecified atom stereocenters. The van der Waals surface area contributed by atoms with E-state index in [1.807, 2.05) is 6.92 Å². The van der Waals surface area contributed by atoms with Crippen molar-refractivity contribution in [2.75, 3.05) is 31.5 Å². The van der Waals surface area contributed by atoms with E-state index < -0.39 is 0 Å². The summed E-state index contributed by atoms with van der Waals surface area (Å²) in [6.07, 6.45) is 9.10. The van der Waals surface area contributed by atoms with Gasteiger partial charge < -0.3 is 26.0 Å². The molecule has 30 heavy (non-hydrogen) atoms. The van der Waals surface area contributed by atoms with Crippen molar-refractivity contribution in [1.29, 1.82) is 0 Å². The van der Waals surface area contributed by atoms with Crippen molar-refractivity contribution in [1.82, 2.24) is 15.5 Å². The summed E-state index contributed by atoms with van der Waals surface area (Å²) >= 11 is 0. The summed E-state index contributed by atoms with van der Waals surface area (Å²) in [6.45, 7) is 5.12. The number of phenols is 1. The number of rotatable bonds is 6. The third-order valence-electron chi connectivity index (χ3n) is 5.84. The van der Waals surface area contributed by atoms with Crippen molar-refractivity contribution in [3.8, 4) is 5.75 Å². The van der Waals surface area contributed by atoms with Crippen LogP contribution in [0.2, 0.25) is 0 Å². The number of carbonyl (C=O) groups is 1. The number of nitrogens with zero attached hydrogens (tertiary/aromatic N) is 2. The van der Waals surface area contributed by atoms with Crippen LogP contribution in [0.15, 0.2) is 29.3 Å². The minimum atomic E-state index is -0.181. The third-order valence-corrected chi connectivity index (χ3v) is 5.84. The number of piperidine rings is 1. The van der Waals surface area contributed by atoms with Gasteiger partial charge in [0.05, 0.1) is 0 Å². The van der Waals surface area contributed by atoms with Crippen LogP contribution < -0.4 is 16.0 Å². The van der Waals surface area contributed by atoms with Crippen molar-refractivity contribution >= 4 is 41.5 Å². The van der Waals surface area contributed by atoms with Gasteiger partial charge in [0.25, 0.3) is 0 Å². The molecule has 2 aliphatic rings. The van der Waals surface area contributed by atoms with Crippen molar-refractivity contribution in [3.05, 3.63) is 24.3 Å². The van der Waals surface area contributed by atoms with Crippen LogP contribution in [0.5, 0.6) is 5.75 Å². The van der Waals surface area contributed by atoms with E-state index in [1.54, 1.807) is 24.3 Å². The van der Waals surface area contributed by atoms with Crippen LogP contribution in [-0.2, 0) is 4.79 Å². The Labute approximate surface area is 197 Å². The van der Waals surface area contributed by atoms with Crippen molar-refractivity contribution < 1.29 is 9.90 Å². The van der Waals surface area contributed by atoms with Crippen molar-refractivity contribution in [3.63, 3.8) is 0 Å². The van der Waals surface area contributed by atoms with Gasteiger partial charge in [0, 0.05) is 37.4 Å². The number of guanidine groups is 1. The number of hydrogen-bond donors (Lipinski definition) is 4. The Bertz CT molecular complexity index is 669. The SMILES string of the molecule is CCNC(=NCC(=O)Nc1ccc(O)cc1)NC1CCN(C2CCCCC2)CC1.I. The first-order valence-corrected chi connectivity index (χ1v) is 11.0. The lowest BCUT2D eigenvalue weighted by Gasteiger charge is -2.39. The number of anilines is 1. The van der Waals surface area contributed by atoms with Crippen LogP contribution in [0.1, 0.15) is 51.9 Å². The minimum Gasteiger partial charge on any atom is -0.508 e. The molecule has 1 aromatic carbocycles. The molecule has 1 heterocycles. The lowest BCUT2D eigenvalue weighted by Crippen LogP contribution is -2.51. The number of likely N-dealkylation sites (tertiary alicyclic amines) is 1. The van der Waals surface area contributed by atoms with E-state index in [-0.39, 0.29) is 42.2 Å². The summed E-state index contributed by atoms with van der Waals surface area (Å²) in [5.74, 6) is 0.693. The summed E-state index contributed by atoms with van der Waals surface area (Å²) in [7, 11) is 0. The molecule has 2 fully saturated rings. The number of carbonyl (C=O) groups excluding carboxylic acids is 1. The Morgan fingerprint density at radius 2 is 1.77 bits per heavy atom. The molecule has 0 radical (unpaired) electrons. The van der Waals surface area contributed by atoms with Gasteiger partial charge in [-0.05, 0) is 56.9 Å². The minimum absolute atomic E-state index is 0. The highest BCUT2D eigenvalue weighted by molar-refractivity contribution is 14.0. The van der Waals surface area contributed by atoms with E-state index in [2.05, 4.69) is 25.8 Å². The predicted molar refractivity (Wildman–Crippen MR) is 133 cm³/mol. The van der Waals surface area contributed by atoms with Crippen molar-refractivity contribution in [2.45, 2.75) is 64.0 Å². The highest BCUT2D eigenvalue weighted by Gasteiger charge is 2.26. The lowest BCUT2D eigenvalue weighted by molar-refractivity contribution is -0.114. The molecule has 1 amide bonds. The average Bonchev–Trinajstić information content (AvgIpc) is 2.75.